The van der Waals surface area contributed by atoms with Crippen molar-refractivity contribution >= 4 is 23.1 Å². The van der Waals surface area contributed by atoms with E-state index in [0.29, 0.717) is 18.5 Å². The molecule has 6 nitrogen and oxygen atoms in total. The first kappa shape index (κ1) is 17.9. The smallest absolute Gasteiger partial charge is 0.340 e. The second kappa shape index (κ2) is 6.29. The van der Waals surface area contributed by atoms with Crippen molar-refractivity contribution in [3.63, 3.8) is 0 Å². The molecule has 1 N–H and O–H groups in total. The van der Waals surface area contributed by atoms with E-state index in [1.807, 2.05) is 13.0 Å². The van der Waals surface area contributed by atoms with E-state index in [0.717, 1.165) is 16.3 Å². The maximum atomic E-state index is 13.2. The van der Waals surface area contributed by atoms with E-state index in [1.54, 1.807) is 13.0 Å². The molecule has 3 aromatic rings. The minimum atomic E-state index is -4.48. The van der Waals surface area contributed by atoms with E-state index >= 15 is 0 Å². The molecule has 1 atom stereocenters. The molecule has 1 saturated carbocycles. The fraction of sp³-hybridized carbons (Fsp3) is 0.412. The summed E-state index contributed by atoms with van der Waals surface area (Å²) >= 11 is 1.27. The van der Waals surface area contributed by atoms with E-state index in [-0.39, 0.29) is 11.2 Å². The fourth-order valence-corrected chi connectivity index (χ4v) is 3.72. The summed E-state index contributed by atoms with van der Waals surface area (Å²) in [5, 5.41) is 6.24. The summed E-state index contributed by atoms with van der Waals surface area (Å²) in [7, 11) is 0. The van der Waals surface area contributed by atoms with Crippen LogP contribution >= 0.6 is 11.5 Å². The Morgan fingerprint density at radius 1 is 1.33 bits per heavy atom. The highest BCUT2D eigenvalue weighted by atomic mass is 32.1. The molecule has 0 unspecified atom stereocenters. The van der Waals surface area contributed by atoms with E-state index in [4.69, 9.17) is 0 Å². The zero-order valence-corrected chi connectivity index (χ0v) is 15.4. The molecule has 4 rings (SSSR count). The lowest BCUT2D eigenvalue weighted by molar-refractivity contribution is -0.158. The van der Waals surface area contributed by atoms with Gasteiger partial charge in [0, 0.05) is 5.69 Å². The highest BCUT2D eigenvalue weighted by molar-refractivity contribution is 7.09. The number of hydrogen-bond donors (Lipinski definition) is 1. The molecule has 1 amide bonds. The van der Waals surface area contributed by atoms with Gasteiger partial charge in [0.25, 0.3) is 5.91 Å². The molecule has 0 spiro atoms. The molecule has 27 heavy (non-hydrogen) atoms. The third kappa shape index (κ3) is 3.41. The van der Waals surface area contributed by atoms with Crippen LogP contribution in [0.25, 0.3) is 16.2 Å². The number of amides is 1. The molecule has 0 radical (unpaired) electrons. The van der Waals surface area contributed by atoms with Crippen molar-refractivity contribution in [2.75, 3.05) is 0 Å². The molecule has 10 heteroatoms. The molecule has 0 saturated heterocycles. The van der Waals surface area contributed by atoms with Gasteiger partial charge in [-0.1, -0.05) is 0 Å². The maximum absolute atomic E-state index is 13.2. The Kier molecular flexibility index (Phi) is 4.17. The lowest BCUT2D eigenvalue weighted by atomic mass is 10.1. The van der Waals surface area contributed by atoms with Gasteiger partial charge in [-0.15, -0.1) is 0 Å². The van der Waals surface area contributed by atoms with E-state index < -0.39 is 24.0 Å². The largest absolute Gasteiger partial charge is 0.408 e. The van der Waals surface area contributed by atoms with Crippen molar-refractivity contribution in [2.45, 2.75) is 38.9 Å². The molecule has 142 valence electrons. The quantitative estimate of drug-likeness (QED) is 0.734. The number of halogens is 3. The van der Waals surface area contributed by atoms with E-state index in [2.05, 4.69) is 19.8 Å². The van der Waals surface area contributed by atoms with Gasteiger partial charge in [-0.2, -0.15) is 22.6 Å². The van der Waals surface area contributed by atoms with Crippen molar-refractivity contribution in [1.29, 1.82) is 0 Å². The topological polar surface area (TPSA) is 72.2 Å². The molecular formula is C17H16F3N5OS. The molecule has 0 aromatic carbocycles. The van der Waals surface area contributed by atoms with Gasteiger partial charge in [0.2, 0.25) is 0 Å². The molecular weight excluding hydrogens is 379 g/mol. The van der Waals surface area contributed by atoms with Crippen LogP contribution in [-0.2, 0) is 0 Å². The summed E-state index contributed by atoms with van der Waals surface area (Å²) < 4.78 is 45.3. The zero-order valence-electron chi connectivity index (χ0n) is 14.5. The van der Waals surface area contributed by atoms with Crippen molar-refractivity contribution in [2.24, 2.45) is 5.92 Å². The lowest BCUT2D eigenvalue weighted by Gasteiger charge is -2.20. The number of aryl methyl sites for hydroxylation is 2. The summed E-state index contributed by atoms with van der Waals surface area (Å²) in [5.41, 5.74) is 2.42. The molecule has 0 bridgehead atoms. The Labute approximate surface area is 156 Å². The SMILES string of the molecule is Cc1cc(-c2cc(C)n3ncc(C(=O)N[C@H](C4CC4)C(F)(F)F)c3n2)sn1. The van der Waals surface area contributed by atoms with Gasteiger partial charge < -0.3 is 5.32 Å². The average Bonchev–Trinajstić information content (AvgIpc) is 3.17. The Bertz CT molecular complexity index is 1020. The minimum absolute atomic E-state index is 0.0242. The summed E-state index contributed by atoms with van der Waals surface area (Å²) in [5.74, 6) is -1.37. The van der Waals surface area contributed by atoms with Crippen LogP contribution in [0, 0.1) is 19.8 Å². The number of rotatable bonds is 4. The molecule has 3 heterocycles. The van der Waals surface area contributed by atoms with E-state index in [1.165, 1.54) is 22.2 Å². The Balaban J connectivity index is 1.71. The number of nitrogens with one attached hydrogen (secondary N) is 1. The number of carbonyl (C=O) groups excluding carboxylic acids is 1. The van der Waals surface area contributed by atoms with Crippen LogP contribution in [0.5, 0.6) is 0 Å². The van der Waals surface area contributed by atoms with Gasteiger partial charge in [0.15, 0.2) is 5.65 Å². The van der Waals surface area contributed by atoms with Gasteiger partial charge in [-0.3, -0.25) is 4.79 Å². The van der Waals surface area contributed by atoms with Gasteiger partial charge in [-0.05, 0) is 56.3 Å². The van der Waals surface area contributed by atoms with Crippen LogP contribution in [0.1, 0.15) is 34.6 Å². The molecule has 1 aliphatic rings. The number of nitrogens with zero attached hydrogens (tertiary/aromatic N) is 4. The molecule has 3 aromatic heterocycles. The predicted octanol–water partition coefficient (Wildman–Crippen LogP) is 3.54. The Morgan fingerprint density at radius 2 is 2.07 bits per heavy atom. The van der Waals surface area contributed by atoms with Gasteiger partial charge >= 0.3 is 6.18 Å². The lowest BCUT2D eigenvalue weighted by Crippen LogP contribution is -2.46. The van der Waals surface area contributed by atoms with Crippen molar-refractivity contribution in [3.8, 4) is 10.6 Å². The van der Waals surface area contributed by atoms with Crippen LogP contribution in [0.3, 0.4) is 0 Å². The van der Waals surface area contributed by atoms with Crippen LogP contribution < -0.4 is 5.32 Å². The highest BCUT2D eigenvalue weighted by Crippen LogP contribution is 2.40. The van der Waals surface area contributed by atoms with Gasteiger partial charge in [-0.25, -0.2) is 9.50 Å². The van der Waals surface area contributed by atoms with Crippen molar-refractivity contribution in [1.82, 2.24) is 24.3 Å². The number of aromatic nitrogens is 4. The monoisotopic (exact) mass is 395 g/mol. The second-order valence-corrected chi connectivity index (χ2v) is 7.54. The Morgan fingerprint density at radius 3 is 2.67 bits per heavy atom. The summed E-state index contributed by atoms with van der Waals surface area (Å²) in [6.07, 6.45) is -2.29. The van der Waals surface area contributed by atoms with Gasteiger partial charge in [0.1, 0.15) is 11.6 Å². The van der Waals surface area contributed by atoms with E-state index in [9.17, 15) is 18.0 Å². The standard InChI is InChI=1S/C17H16F3N5OS/c1-8-5-13(27-24-8)12-6-9(2)25-15(22-12)11(7-21-25)16(26)23-14(10-3-4-10)17(18,19)20/h5-7,10,14H,3-4H2,1-2H3,(H,23,26)/t14-/m1/s1. The van der Waals surface area contributed by atoms with Crippen LogP contribution in [0.2, 0.25) is 0 Å². The minimum Gasteiger partial charge on any atom is -0.340 e. The molecule has 1 aliphatic carbocycles. The summed E-state index contributed by atoms with van der Waals surface area (Å²) in [4.78, 5) is 17.8. The first-order chi connectivity index (χ1) is 12.7. The van der Waals surface area contributed by atoms with Crippen molar-refractivity contribution in [3.05, 3.63) is 35.3 Å². The van der Waals surface area contributed by atoms with Crippen molar-refractivity contribution < 1.29 is 18.0 Å². The third-order valence-electron chi connectivity index (χ3n) is 4.51. The summed E-state index contributed by atoms with van der Waals surface area (Å²) in [6.45, 7) is 3.65. The highest BCUT2D eigenvalue weighted by Gasteiger charge is 2.49. The fourth-order valence-electron chi connectivity index (χ4n) is 3.00. The molecule has 0 aliphatic heterocycles. The number of alkyl halides is 3. The average molecular weight is 395 g/mol. The zero-order chi connectivity index (χ0) is 19.3. The maximum Gasteiger partial charge on any atom is 0.408 e. The predicted molar refractivity (Wildman–Crippen MR) is 93.6 cm³/mol. The number of fused-ring (bicyclic) bond motifs is 1. The second-order valence-electron chi connectivity index (χ2n) is 6.74. The first-order valence-electron chi connectivity index (χ1n) is 8.40. The number of hydrogen-bond acceptors (Lipinski definition) is 5. The molecule has 1 fully saturated rings. The third-order valence-corrected chi connectivity index (χ3v) is 5.41. The number of carbonyl (C=O) groups is 1. The first-order valence-corrected chi connectivity index (χ1v) is 9.18. The summed E-state index contributed by atoms with van der Waals surface area (Å²) in [6, 6.07) is 1.83. The van der Waals surface area contributed by atoms with Crippen LogP contribution in [0.15, 0.2) is 18.3 Å². The Hall–Kier alpha value is -2.49. The van der Waals surface area contributed by atoms with Gasteiger partial charge in [0.05, 0.1) is 22.5 Å². The normalized spacial score (nSPS) is 15.9. The van der Waals surface area contributed by atoms with Crippen LogP contribution in [0.4, 0.5) is 13.2 Å². The van der Waals surface area contributed by atoms with Crippen LogP contribution in [-0.4, -0.2) is 37.1 Å².